The average Bonchev–Trinajstić information content (AvgIpc) is 2.56. The van der Waals surface area contributed by atoms with Gasteiger partial charge >= 0.3 is 5.97 Å². The van der Waals surface area contributed by atoms with Crippen molar-refractivity contribution in [3.05, 3.63) is 0 Å². The van der Waals surface area contributed by atoms with E-state index in [0.29, 0.717) is 18.3 Å². The van der Waals surface area contributed by atoms with Crippen LogP contribution in [0.2, 0.25) is 0 Å². The zero-order valence-electron chi connectivity index (χ0n) is 9.38. The van der Waals surface area contributed by atoms with Gasteiger partial charge in [0, 0.05) is 6.42 Å². The van der Waals surface area contributed by atoms with E-state index in [-0.39, 0.29) is 12.1 Å². The van der Waals surface area contributed by atoms with Crippen LogP contribution in [0.1, 0.15) is 33.6 Å². The van der Waals surface area contributed by atoms with Crippen LogP contribution in [-0.2, 0) is 9.53 Å². The van der Waals surface area contributed by atoms with Gasteiger partial charge < -0.3 is 10.1 Å². The third-order valence-electron chi connectivity index (χ3n) is 2.87. The zero-order chi connectivity index (χ0) is 10.6. The minimum absolute atomic E-state index is 0.0388. The summed E-state index contributed by atoms with van der Waals surface area (Å²) in [5.41, 5.74) is 0. The molecule has 1 N–H and O–H groups in total. The lowest BCUT2D eigenvalue weighted by Crippen LogP contribution is -2.22. The molecule has 2 unspecified atom stereocenters. The van der Waals surface area contributed by atoms with Gasteiger partial charge in [-0.2, -0.15) is 0 Å². The third-order valence-corrected chi connectivity index (χ3v) is 2.87. The molecule has 2 atom stereocenters. The highest BCUT2D eigenvalue weighted by atomic mass is 16.5. The lowest BCUT2D eigenvalue weighted by Gasteiger charge is -2.17. The maximum absolute atomic E-state index is 11.5. The van der Waals surface area contributed by atoms with E-state index in [2.05, 4.69) is 19.2 Å². The van der Waals surface area contributed by atoms with Gasteiger partial charge in [-0.25, -0.2) is 0 Å². The number of ether oxygens (including phenoxy) is 1. The molecule has 82 valence electrons. The van der Waals surface area contributed by atoms with Crippen molar-refractivity contribution in [2.24, 2.45) is 11.8 Å². The van der Waals surface area contributed by atoms with Crippen molar-refractivity contribution in [2.75, 3.05) is 13.1 Å². The molecule has 0 bridgehead atoms. The van der Waals surface area contributed by atoms with E-state index in [1.165, 1.54) is 0 Å². The van der Waals surface area contributed by atoms with Gasteiger partial charge in [0.2, 0.25) is 0 Å². The third kappa shape index (κ3) is 3.66. The van der Waals surface area contributed by atoms with Crippen LogP contribution in [0.5, 0.6) is 0 Å². The van der Waals surface area contributed by atoms with E-state index < -0.39 is 0 Å². The molecule has 1 aliphatic rings. The van der Waals surface area contributed by atoms with Gasteiger partial charge in [-0.1, -0.05) is 13.8 Å². The molecule has 1 rings (SSSR count). The van der Waals surface area contributed by atoms with Crippen LogP contribution in [0.25, 0.3) is 0 Å². The number of carbonyl (C=O) groups is 1. The Hall–Kier alpha value is -0.570. The normalized spacial score (nSPS) is 23.9. The largest absolute Gasteiger partial charge is 0.462 e. The summed E-state index contributed by atoms with van der Waals surface area (Å²) in [7, 11) is 0. The highest BCUT2D eigenvalue weighted by Gasteiger charge is 2.20. The molecule has 0 saturated carbocycles. The number of carbonyl (C=O) groups excluding carboxylic acids is 1. The first-order chi connectivity index (χ1) is 6.59. The molecule has 3 heteroatoms. The van der Waals surface area contributed by atoms with Crippen LogP contribution in [0, 0.1) is 11.8 Å². The number of nitrogens with one attached hydrogen (secondary N) is 1. The Morgan fingerprint density at radius 3 is 2.71 bits per heavy atom. The molecule has 0 aromatic heterocycles. The van der Waals surface area contributed by atoms with Crippen molar-refractivity contribution >= 4 is 5.97 Å². The van der Waals surface area contributed by atoms with Gasteiger partial charge in [-0.3, -0.25) is 4.79 Å². The molecule has 0 aromatic rings. The van der Waals surface area contributed by atoms with Gasteiger partial charge in [0.15, 0.2) is 0 Å². The fourth-order valence-corrected chi connectivity index (χ4v) is 1.52. The fourth-order valence-electron chi connectivity index (χ4n) is 1.52. The predicted molar refractivity (Wildman–Crippen MR) is 56.0 cm³/mol. The van der Waals surface area contributed by atoms with Crippen molar-refractivity contribution in [1.82, 2.24) is 5.32 Å². The summed E-state index contributed by atoms with van der Waals surface area (Å²) >= 11 is 0. The second-order valence-corrected chi connectivity index (χ2v) is 4.50. The summed E-state index contributed by atoms with van der Waals surface area (Å²) in [6.07, 6.45) is 1.71. The lowest BCUT2D eigenvalue weighted by atomic mass is 10.1. The summed E-state index contributed by atoms with van der Waals surface area (Å²) < 4.78 is 5.31. The highest BCUT2D eigenvalue weighted by Crippen LogP contribution is 2.14. The van der Waals surface area contributed by atoms with Crippen molar-refractivity contribution in [2.45, 2.75) is 39.7 Å². The molecule has 0 spiro atoms. The molecule has 0 aromatic carbocycles. The van der Waals surface area contributed by atoms with Gasteiger partial charge in [0.25, 0.3) is 0 Å². The summed E-state index contributed by atoms with van der Waals surface area (Å²) in [5.74, 6) is 0.849. The molecular formula is C11H21NO2. The summed E-state index contributed by atoms with van der Waals surface area (Å²) in [6, 6.07) is 0. The summed E-state index contributed by atoms with van der Waals surface area (Å²) in [6.45, 7) is 8.09. The highest BCUT2D eigenvalue weighted by molar-refractivity contribution is 5.69. The molecule has 0 amide bonds. The second-order valence-electron chi connectivity index (χ2n) is 4.50. The number of rotatable bonds is 4. The Balaban J connectivity index is 2.21. The number of esters is 1. The van der Waals surface area contributed by atoms with Crippen LogP contribution >= 0.6 is 0 Å². The Morgan fingerprint density at radius 1 is 1.50 bits per heavy atom. The van der Waals surface area contributed by atoms with E-state index >= 15 is 0 Å². The first kappa shape index (κ1) is 11.5. The first-order valence-electron chi connectivity index (χ1n) is 5.49. The molecule has 1 fully saturated rings. The van der Waals surface area contributed by atoms with Gasteiger partial charge in [-0.05, 0) is 38.3 Å². The van der Waals surface area contributed by atoms with Crippen molar-refractivity contribution < 1.29 is 9.53 Å². The van der Waals surface area contributed by atoms with Gasteiger partial charge in [0.05, 0.1) is 0 Å². The van der Waals surface area contributed by atoms with Crippen LogP contribution in [0.4, 0.5) is 0 Å². The monoisotopic (exact) mass is 199 g/mol. The maximum atomic E-state index is 11.5. The van der Waals surface area contributed by atoms with Gasteiger partial charge in [0.1, 0.15) is 6.10 Å². The topological polar surface area (TPSA) is 38.3 Å². The SMILES string of the molecule is CC(C)C(C)OC(=O)CC1CCNC1. The van der Waals surface area contributed by atoms with E-state index in [1.54, 1.807) is 0 Å². The molecule has 14 heavy (non-hydrogen) atoms. The Labute approximate surface area is 86.2 Å². The minimum atomic E-state index is -0.0418. The molecule has 1 heterocycles. The van der Waals surface area contributed by atoms with E-state index in [0.717, 1.165) is 19.5 Å². The van der Waals surface area contributed by atoms with E-state index in [9.17, 15) is 4.79 Å². The predicted octanol–water partition coefficient (Wildman–Crippen LogP) is 1.57. The van der Waals surface area contributed by atoms with Gasteiger partial charge in [-0.15, -0.1) is 0 Å². The van der Waals surface area contributed by atoms with E-state index in [4.69, 9.17) is 4.74 Å². The smallest absolute Gasteiger partial charge is 0.306 e. The quantitative estimate of drug-likeness (QED) is 0.698. The Bertz CT molecular complexity index is 180. The van der Waals surface area contributed by atoms with Crippen LogP contribution < -0.4 is 5.32 Å². The Kier molecular flexibility index (Phi) is 4.39. The number of hydrogen-bond acceptors (Lipinski definition) is 3. The summed E-state index contributed by atoms with van der Waals surface area (Å²) in [5, 5.41) is 3.25. The molecule has 1 aliphatic heterocycles. The molecular weight excluding hydrogens is 178 g/mol. The first-order valence-corrected chi connectivity index (χ1v) is 5.49. The minimum Gasteiger partial charge on any atom is -0.462 e. The number of hydrogen-bond donors (Lipinski definition) is 1. The molecule has 0 radical (unpaired) electrons. The fraction of sp³-hybridized carbons (Fsp3) is 0.909. The lowest BCUT2D eigenvalue weighted by molar-refractivity contribution is -0.151. The van der Waals surface area contributed by atoms with Crippen LogP contribution in [-0.4, -0.2) is 25.2 Å². The van der Waals surface area contributed by atoms with Crippen molar-refractivity contribution in [3.8, 4) is 0 Å². The average molecular weight is 199 g/mol. The van der Waals surface area contributed by atoms with E-state index in [1.807, 2.05) is 6.92 Å². The summed E-state index contributed by atoms with van der Waals surface area (Å²) in [4.78, 5) is 11.5. The molecule has 0 aliphatic carbocycles. The Morgan fingerprint density at radius 2 is 2.21 bits per heavy atom. The van der Waals surface area contributed by atoms with Crippen molar-refractivity contribution in [1.29, 1.82) is 0 Å². The van der Waals surface area contributed by atoms with Crippen LogP contribution in [0.3, 0.4) is 0 Å². The zero-order valence-corrected chi connectivity index (χ0v) is 9.38. The second kappa shape index (κ2) is 5.35. The van der Waals surface area contributed by atoms with Crippen LogP contribution in [0.15, 0.2) is 0 Å². The standard InChI is InChI=1S/C11H21NO2/c1-8(2)9(3)14-11(13)6-10-4-5-12-7-10/h8-10,12H,4-7H2,1-3H3. The molecule has 1 saturated heterocycles. The maximum Gasteiger partial charge on any atom is 0.306 e. The molecule has 3 nitrogen and oxygen atoms in total. The van der Waals surface area contributed by atoms with Crippen molar-refractivity contribution in [3.63, 3.8) is 0 Å².